The number of benzene rings is 2. The van der Waals surface area contributed by atoms with E-state index in [-0.39, 0.29) is 0 Å². The Labute approximate surface area is 154 Å². The Morgan fingerprint density at radius 2 is 1.44 bits per heavy atom. The van der Waals surface area contributed by atoms with Gasteiger partial charge in [0.25, 0.3) is 0 Å². The molecule has 0 aromatic heterocycles. The van der Waals surface area contributed by atoms with Crippen molar-refractivity contribution in [2.45, 2.75) is 46.0 Å². The van der Waals surface area contributed by atoms with E-state index in [9.17, 15) is 0 Å². The van der Waals surface area contributed by atoms with Crippen LogP contribution in [0.25, 0.3) is 11.6 Å². The second-order valence-electron chi connectivity index (χ2n) is 6.35. The summed E-state index contributed by atoms with van der Waals surface area (Å²) in [6, 6.07) is 17.2. The van der Waals surface area contributed by atoms with Crippen LogP contribution < -0.4 is 0 Å². The maximum atomic E-state index is 3.92. The third-order valence-corrected chi connectivity index (χ3v) is 4.12. The van der Waals surface area contributed by atoms with Gasteiger partial charge in [-0.1, -0.05) is 92.8 Å². The lowest BCUT2D eigenvalue weighted by atomic mass is 10.0. The van der Waals surface area contributed by atoms with Gasteiger partial charge in [-0.05, 0) is 54.9 Å². The van der Waals surface area contributed by atoms with Gasteiger partial charge in [0, 0.05) is 0 Å². The average Bonchev–Trinajstić information content (AvgIpc) is 2.66. The molecule has 0 unspecified atom stereocenters. The highest BCUT2D eigenvalue weighted by atomic mass is 14.0. The van der Waals surface area contributed by atoms with E-state index in [4.69, 9.17) is 0 Å². The summed E-state index contributed by atoms with van der Waals surface area (Å²) in [6.45, 7) is 15.6. The van der Waals surface area contributed by atoms with Gasteiger partial charge in [0.05, 0.1) is 0 Å². The van der Waals surface area contributed by atoms with Crippen LogP contribution in [0.1, 0.15) is 55.4 Å². The monoisotopic (exact) mass is 332 g/mol. The Morgan fingerprint density at radius 1 is 0.880 bits per heavy atom. The van der Waals surface area contributed by atoms with E-state index in [0.717, 1.165) is 18.4 Å². The molecule has 0 spiro atoms. The van der Waals surface area contributed by atoms with Gasteiger partial charge in [0.1, 0.15) is 0 Å². The molecule has 2 aromatic rings. The zero-order valence-corrected chi connectivity index (χ0v) is 15.9. The van der Waals surface area contributed by atoms with Gasteiger partial charge >= 0.3 is 0 Å². The van der Waals surface area contributed by atoms with Crippen molar-refractivity contribution in [1.29, 1.82) is 0 Å². The highest BCUT2D eigenvalue weighted by Gasteiger charge is 1.94. The van der Waals surface area contributed by atoms with Crippen molar-refractivity contribution in [2.24, 2.45) is 0 Å². The minimum absolute atomic E-state index is 1.05. The number of rotatable bonds is 8. The quantitative estimate of drug-likeness (QED) is 0.439. The third kappa shape index (κ3) is 8.35. The number of hydrogen-bond donors (Lipinski definition) is 0. The van der Waals surface area contributed by atoms with E-state index in [2.05, 4.69) is 75.2 Å². The molecule has 0 heterocycles. The van der Waals surface area contributed by atoms with Crippen LogP contribution in [0, 0.1) is 0 Å². The van der Waals surface area contributed by atoms with E-state index in [1.807, 2.05) is 19.1 Å². The Hall–Kier alpha value is -2.34. The molecule has 2 aromatic carbocycles. The fourth-order valence-corrected chi connectivity index (χ4v) is 2.43. The first-order valence-corrected chi connectivity index (χ1v) is 9.17. The lowest BCUT2D eigenvalue weighted by molar-refractivity contribution is 0.795. The molecule has 0 N–H and O–H groups in total. The summed E-state index contributed by atoms with van der Waals surface area (Å²) in [6.07, 6.45) is 9.69. The molecule has 0 aliphatic rings. The van der Waals surface area contributed by atoms with Gasteiger partial charge in [-0.2, -0.15) is 0 Å². The van der Waals surface area contributed by atoms with Crippen LogP contribution in [0.15, 0.2) is 74.3 Å². The molecular formula is C25H32. The van der Waals surface area contributed by atoms with Gasteiger partial charge < -0.3 is 0 Å². The first kappa shape index (κ1) is 20.7. The van der Waals surface area contributed by atoms with Crippen molar-refractivity contribution >= 4 is 11.6 Å². The smallest absolute Gasteiger partial charge is 0.0233 e. The van der Waals surface area contributed by atoms with Crippen LogP contribution in [0.4, 0.5) is 0 Å². The van der Waals surface area contributed by atoms with Gasteiger partial charge in [-0.25, -0.2) is 0 Å². The maximum absolute atomic E-state index is 3.92. The second kappa shape index (κ2) is 12.1. The molecule has 0 saturated heterocycles. The summed E-state index contributed by atoms with van der Waals surface area (Å²) in [7, 11) is 0. The number of aryl methyl sites for hydroxylation is 2. The molecule has 25 heavy (non-hydrogen) atoms. The molecule has 0 amide bonds. The van der Waals surface area contributed by atoms with E-state index < -0.39 is 0 Å². The maximum Gasteiger partial charge on any atom is -0.0233 e. The summed E-state index contributed by atoms with van der Waals surface area (Å²) in [5.41, 5.74) is 6.37. The first-order chi connectivity index (χ1) is 12.1. The van der Waals surface area contributed by atoms with Crippen LogP contribution in [-0.2, 0) is 12.8 Å². The summed E-state index contributed by atoms with van der Waals surface area (Å²) in [4.78, 5) is 0. The highest BCUT2D eigenvalue weighted by Crippen LogP contribution is 2.13. The molecule has 0 bridgehead atoms. The van der Waals surface area contributed by atoms with Gasteiger partial charge in [0.2, 0.25) is 0 Å². The third-order valence-electron chi connectivity index (χ3n) is 4.12. The molecule has 0 radical (unpaired) electrons. The van der Waals surface area contributed by atoms with Gasteiger partial charge in [0.15, 0.2) is 0 Å². The molecule has 0 fully saturated rings. The number of allylic oxidation sites excluding steroid dienone is 2. The fraction of sp³-hybridized carbons (Fsp3) is 0.280. The van der Waals surface area contributed by atoms with E-state index in [1.54, 1.807) is 0 Å². The van der Waals surface area contributed by atoms with Crippen molar-refractivity contribution in [3.8, 4) is 0 Å². The molecular weight excluding hydrogens is 300 g/mol. The normalized spacial score (nSPS) is 9.68. The first-order valence-electron chi connectivity index (χ1n) is 9.17. The molecule has 132 valence electrons. The number of unbranched alkanes of at least 4 members (excludes halogenated alkanes) is 1. The molecule has 0 saturated carbocycles. The predicted octanol–water partition coefficient (Wildman–Crippen LogP) is 7.51. The molecule has 0 atom stereocenters. The SMILES string of the molecule is C=C(C)c1ccc(CCCC)cc1.C=CCCc1ccc(C=C)cc1. The topological polar surface area (TPSA) is 0 Å². The Morgan fingerprint density at radius 3 is 1.92 bits per heavy atom. The van der Waals surface area contributed by atoms with Crippen molar-refractivity contribution < 1.29 is 0 Å². The lowest BCUT2D eigenvalue weighted by Gasteiger charge is -2.02. The predicted molar refractivity (Wildman–Crippen MR) is 115 cm³/mol. The van der Waals surface area contributed by atoms with E-state index >= 15 is 0 Å². The molecule has 2 rings (SSSR count). The molecule has 0 heteroatoms. The van der Waals surface area contributed by atoms with Crippen LogP contribution in [0.5, 0.6) is 0 Å². The molecule has 0 aliphatic heterocycles. The largest absolute Gasteiger partial charge is 0.103 e. The molecule has 0 aliphatic carbocycles. The summed E-state index contributed by atoms with van der Waals surface area (Å²) < 4.78 is 0. The van der Waals surface area contributed by atoms with Crippen molar-refractivity contribution in [2.75, 3.05) is 0 Å². The van der Waals surface area contributed by atoms with Crippen molar-refractivity contribution in [3.63, 3.8) is 0 Å². The van der Waals surface area contributed by atoms with Gasteiger partial charge in [-0.15, -0.1) is 6.58 Å². The minimum atomic E-state index is 1.05. The minimum Gasteiger partial charge on any atom is -0.103 e. The Kier molecular flexibility index (Phi) is 10.0. The summed E-state index contributed by atoms with van der Waals surface area (Å²) in [5, 5.41) is 0. The Balaban J connectivity index is 0.000000251. The van der Waals surface area contributed by atoms with Crippen molar-refractivity contribution in [3.05, 3.63) is 96.6 Å². The van der Waals surface area contributed by atoms with E-state index in [0.29, 0.717) is 0 Å². The summed E-state index contributed by atoms with van der Waals surface area (Å²) in [5.74, 6) is 0. The van der Waals surface area contributed by atoms with Crippen LogP contribution >= 0.6 is 0 Å². The van der Waals surface area contributed by atoms with Crippen molar-refractivity contribution in [1.82, 2.24) is 0 Å². The number of hydrogen-bond acceptors (Lipinski definition) is 0. The highest BCUT2D eigenvalue weighted by molar-refractivity contribution is 5.61. The lowest BCUT2D eigenvalue weighted by Crippen LogP contribution is -1.85. The zero-order chi connectivity index (χ0) is 18.5. The second-order valence-corrected chi connectivity index (χ2v) is 6.35. The van der Waals surface area contributed by atoms with Crippen LogP contribution in [-0.4, -0.2) is 0 Å². The molecule has 0 nitrogen and oxygen atoms in total. The van der Waals surface area contributed by atoms with E-state index in [1.165, 1.54) is 41.5 Å². The fourth-order valence-electron chi connectivity index (χ4n) is 2.43. The van der Waals surface area contributed by atoms with Crippen LogP contribution in [0.2, 0.25) is 0 Å². The average molecular weight is 333 g/mol. The summed E-state index contributed by atoms with van der Waals surface area (Å²) >= 11 is 0. The Bertz CT molecular complexity index is 641. The van der Waals surface area contributed by atoms with Crippen LogP contribution in [0.3, 0.4) is 0 Å². The standard InChI is InChI=1S/C13H18.C12H14/c1-4-5-6-12-7-9-13(10-8-12)11(2)3;1-3-5-6-12-9-7-11(4-2)8-10-12/h7-10H,2,4-6H2,1,3H3;3-4,7-10H,1-2,5-6H2. The zero-order valence-electron chi connectivity index (χ0n) is 15.9. The van der Waals surface area contributed by atoms with Gasteiger partial charge in [-0.3, -0.25) is 0 Å².